The second-order valence-corrected chi connectivity index (χ2v) is 8.36. The molecule has 1 unspecified atom stereocenters. The summed E-state index contributed by atoms with van der Waals surface area (Å²) in [6.45, 7) is 2.47. The van der Waals surface area contributed by atoms with Gasteiger partial charge in [-0.2, -0.15) is 0 Å². The Labute approximate surface area is 173 Å². The molecule has 29 heavy (non-hydrogen) atoms. The van der Waals surface area contributed by atoms with Crippen LogP contribution in [0.25, 0.3) is 10.9 Å². The van der Waals surface area contributed by atoms with Crippen LogP contribution in [0, 0.1) is 5.92 Å². The number of carbonyl (C=O) groups excluding carboxylic acids is 1. The molecule has 1 saturated heterocycles. The topological polar surface area (TPSA) is 72.5 Å². The number of likely N-dealkylation sites (tertiary alicyclic amines) is 1. The number of aliphatic imine (C=N–C) groups is 1. The van der Waals surface area contributed by atoms with Gasteiger partial charge in [0.25, 0.3) is 0 Å². The predicted octanol–water partition coefficient (Wildman–Crippen LogP) is 3.06. The number of para-hydroxylation sites is 1. The van der Waals surface area contributed by atoms with E-state index >= 15 is 0 Å². The Balaban J connectivity index is 1.23. The summed E-state index contributed by atoms with van der Waals surface area (Å²) in [6, 6.07) is 8.67. The number of rotatable bonds is 5. The molecule has 0 spiro atoms. The van der Waals surface area contributed by atoms with Crippen molar-refractivity contribution in [3.05, 3.63) is 36.0 Å². The van der Waals surface area contributed by atoms with Crippen LogP contribution in [0.3, 0.4) is 0 Å². The van der Waals surface area contributed by atoms with E-state index in [1.165, 1.54) is 35.7 Å². The number of H-pyrrole nitrogens is 1. The first-order valence-corrected chi connectivity index (χ1v) is 11.1. The van der Waals surface area contributed by atoms with Crippen LogP contribution in [0.4, 0.5) is 0 Å². The predicted molar refractivity (Wildman–Crippen MR) is 118 cm³/mol. The molecule has 1 saturated carbocycles. The molecule has 156 valence electrons. The number of guanidine groups is 1. The Morgan fingerprint density at radius 2 is 2.03 bits per heavy atom. The number of aromatic amines is 1. The Kier molecular flexibility index (Phi) is 6.37. The molecule has 6 nitrogen and oxygen atoms in total. The Morgan fingerprint density at radius 3 is 2.86 bits per heavy atom. The molecule has 0 bridgehead atoms. The molecule has 1 aromatic carbocycles. The number of nitrogens with zero attached hydrogens (tertiary/aromatic N) is 2. The van der Waals surface area contributed by atoms with E-state index in [1.807, 2.05) is 0 Å². The minimum atomic E-state index is 0.260. The molecular formula is C23H33N5O. The molecule has 2 aromatic rings. The Bertz CT molecular complexity index is 852. The number of amides is 1. The number of aromatic nitrogens is 1. The van der Waals surface area contributed by atoms with E-state index in [-0.39, 0.29) is 12.0 Å². The van der Waals surface area contributed by atoms with Gasteiger partial charge in [-0.05, 0) is 37.3 Å². The highest BCUT2D eigenvalue weighted by molar-refractivity contribution is 5.83. The van der Waals surface area contributed by atoms with Gasteiger partial charge in [0.1, 0.15) is 0 Å². The van der Waals surface area contributed by atoms with Gasteiger partial charge in [-0.3, -0.25) is 9.79 Å². The normalized spacial score (nSPS) is 20.9. The van der Waals surface area contributed by atoms with E-state index in [1.54, 1.807) is 7.05 Å². The average molecular weight is 396 g/mol. The lowest BCUT2D eigenvalue weighted by atomic mass is 9.88. The van der Waals surface area contributed by atoms with Gasteiger partial charge in [0.15, 0.2) is 5.96 Å². The van der Waals surface area contributed by atoms with Crippen LogP contribution >= 0.6 is 0 Å². The van der Waals surface area contributed by atoms with Crippen LogP contribution in [0.5, 0.6) is 0 Å². The molecule has 4 rings (SSSR count). The largest absolute Gasteiger partial charge is 0.361 e. The van der Waals surface area contributed by atoms with Gasteiger partial charge in [-0.1, -0.05) is 37.5 Å². The third kappa shape index (κ3) is 4.74. The fourth-order valence-electron chi connectivity index (χ4n) is 4.73. The summed E-state index contributed by atoms with van der Waals surface area (Å²) in [4.78, 5) is 22.5. The maximum Gasteiger partial charge on any atom is 0.225 e. The minimum absolute atomic E-state index is 0.260. The Morgan fingerprint density at radius 1 is 1.21 bits per heavy atom. The number of nitrogens with one attached hydrogen (secondary N) is 3. The van der Waals surface area contributed by atoms with Gasteiger partial charge in [-0.15, -0.1) is 0 Å². The monoisotopic (exact) mass is 395 g/mol. The average Bonchev–Trinajstić information content (AvgIpc) is 3.40. The number of fused-ring (bicyclic) bond motifs is 1. The van der Waals surface area contributed by atoms with Gasteiger partial charge < -0.3 is 20.5 Å². The zero-order valence-electron chi connectivity index (χ0n) is 17.4. The fraction of sp³-hybridized carbons (Fsp3) is 0.565. The highest BCUT2D eigenvalue weighted by Crippen LogP contribution is 2.26. The first-order valence-electron chi connectivity index (χ1n) is 11.1. The Hall–Kier alpha value is -2.50. The zero-order chi connectivity index (χ0) is 20.1. The van der Waals surface area contributed by atoms with Crippen molar-refractivity contribution >= 4 is 22.8 Å². The number of hydrogen-bond acceptors (Lipinski definition) is 2. The van der Waals surface area contributed by atoms with Crippen molar-refractivity contribution in [2.45, 2.75) is 51.0 Å². The molecule has 1 aromatic heterocycles. The van der Waals surface area contributed by atoms with Gasteiger partial charge >= 0.3 is 0 Å². The van der Waals surface area contributed by atoms with Gasteiger partial charge in [0.2, 0.25) is 5.91 Å². The number of carbonyl (C=O) groups is 1. The van der Waals surface area contributed by atoms with Crippen molar-refractivity contribution in [2.24, 2.45) is 10.9 Å². The first kappa shape index (κ1) is 19.8. The van der Waals surface area contributed by atoms with Crippen LogP contribution in [-0.2, 0) is 11.2 Å². The van der Waals surface area contributed by atoms with Crippen molar-refractivity contribution in [2.75, 3.05) is 26.7 Å². The highest BCUT2D eigenvalue weighted by atomic mass is 16.2. The summed E-state index contributed by atoms with van der Waals surface area (Å²) in [5.41, 5.74) is 2.49. The standard InChI is InChI=1S/C23H33N5O/c1-24-23(25-13-11-18-15-26-21-10-6-5-9-20(18)21)27-19-12-14-28(16-19)22(29)17-7-3-2-4-8-17/h5-6,9-10,15,17,19,26H,2-4,7-8,11-14,16H2,1H3,(H2,24,25,27). The highest BCUT2D eigenvalue weighted by Gasteiger charge is 2.31. The molecule has 3 N–H and O–H groups in total. The maximum absolute atomic E-state index is 12.8. The minimum Gasteiger partial charge on any atom is -0.361 e. The van der Waals surface area contributed by atoms with E-state index in [0.29, 0.717) is 5.91 Å². The third-order valence-corrected chi connectivity index (χ3v) is 6.38. The smallest absolute Gasteiger partial charge is 0.225 e. The van der Waals surface area contributed by atoms with Crippen LogP contribution in [0.2, 0.25) is 0 Å². The van der Waals surface area contributed by atoms with E-state index in [0.717, 1.165) is 51.3 Å². The van der Waals surface area contributed by atoms with E-state index < -0.39 is 0 Å². The molecule has 2 fully saturated rings. The van der Waals surface area contributed by atoms with Crippen molar-refractivity contribution < 1.29 is 4.79 Å². The van der Waals surface area contributed by atoms with Crippen LogP contribution in [0.1, 0.15) is 44.1 Å². The molecule has 1 atom stereocenters. The van der Waals surface area contributed by atoms with Crippen molar-refractivity contribution in [1.29, 1.82) is 0 Å². The molecule has 1 amide bonds. The summed E-state index contributed by atoms with van der Waals surface area (Å²) >= 11 is 0. The van der Waals surface area contributed by atoms with Gasteiger partial charge in [0.05, 0.1) is 0 Å². The van der Waals surface area contributed by atoms with Crippen LogP contribution in [0.15, 0.2) is 35.5 Å². The summed E-state index contributed by atoms with van der Waals surface area (Å²) in [5, 5.41) is 8.22. The second kappa shape index (κ2) is 9.33. The third-order valence-electron chi connectivity index (χ3n) is 6.38. The first-order chi connectivity index (χ1) is 14.2. The fourth-order valence-corrected chi connectivity index (χ4v) is 4.73. The SMILES string of the molecule is CN=C(NCCc1c[nH]c2ccccc12)NC1CCN(C(=O)C2CCCCC2)C1. The molecule has 2 heterocycles. The lowest BCUT2D eigenvalue weighted by Crippen LogP contribution is -2.46. The van der Waals surface area contributed by atoms with Crippen molar-refractivity contribution in [1.82, 2.24) is 20.5 Å². The van der Waals surface area contributed by atoms with Crippen molar-refractivity contribution in [3.8, 4) is 0 Å². The van der Waals surface area contributed by atoms with E-state index in [4.69, 9.17) is 0 Å². The number of hydrogen-bond donors (Lipinski definition) is 3. The molecule has 6 heteroatoms. The number of benzene rings is 1. The quantitative estimate of drug-likeness (QED) is 0.538. The lowest BCUT2D eigenvalue weighted by molar-refractivity contribution is -0.135. The van der Waals surface area contributed by atoms with E-state index in [9.17, 15) is 4.79 Å². The molecular weight excluding hydrogens is 362 g/mol. The van der Waals surface area contributed by atoms with Crippen molar-refractivity contribution in [3.63, 3.8) is 0 Å². The van der Waals surface area contributed by atoms with E-state index in [2.05, 4.69) is 56.0 Å². The van der Waals surface area contributed by atoms with Crippen LogP contribution < -0.4 is 10.6 Å². The maximum atomic E-state index is 12.8. The summed E-state index contributed by atoms with van der Waals surface area (Å²) in [7, 11) is 1.81. The molecule has 1 aliphatic carbocycles. The summed E-state index contributed by atoms with van der Waals surface area (Å²) in [5.74, 6) is 1.45. The summed E-state index contributed by atoms with van der Waals surface area (Å²) < 4.78 is 0. The molecule has 2 aliphatic rings. The van der Waals surface area contributed by atoms with Gasteiger partial charge in [-0.25, -0.2) is 0 Å². The lowest BCUT2D eigenvalue weighted by Gasteiger charge is -2.26. The molecule has 1 aliphatic heterocycles. The van der Waals surface area contributed by atoms with Gasteiger partial charge in [0, 0.05) is 55.7 Å². The summed E-state index contributed by atoms with van der Waals surface area (Å²) in [6.07, 6.45) is 9.86. The zero-order valence-corrected chi connectivity index (χ0v) is 17.4. The molecule has 0 radical (unpaired) electrons. The van der Waals surface area contributed by atoms with Crippen LogP contribution in [-0.4, -0.2) is 54.5 Å². The second-order valence-electron chi connectivity index (χ2n) is 8.36.